The van der Waals surface area contributed by atoms with E-state index in [0.717, 1.165) is 37.8 Å². The number of aryl methyl sites for hydroxylation is 1. The molecule has 4 rings (SSSR count). The van der Waals surface area contributed by atoms with Gasteiger partial charge in [-0.2, -0.15) is 13.2 Å². The molecule has 35 heavy (non-hydrogen) atoms. The Bertz CT molecular complexity index is 1190. The molecule has 0 aliphatic heterocycles. The van der Waals surface area contributed by atoms with Gasteiger partial charge in [0.1, 0.15) is 17.1 Å². The van der Waals surface area contributed by atoms with Gasteiger partial charge in [0.05, 0.1) is 22.0 Å². The van der Waals surface area contributed by atoms with E-state index in [1.165, 1.54) is 18.3 Å². The van der Waals surface area contributed by atoms with Crippen LogP contribution in [0.25, 0.3) is 0 Å². The van der Waals surface area contributed by atoms with Crippen LogP contribution in [0.3, 0.4) is 0 Å². The molecule has 1 atom stereocenters. The van der Waals surface area contributed by atoms with E-state index in [1.54, 1.807) is 13.0 Å². The molecule has 2 amide bonds. The zero-order valence-electron chi connectivity index (χ0n) is 18.8. The zero-order chi connectivity index (χ0) is 25.2. The fourth-order valence-corrected chi connectivity index (χ4v) is 4.51. The van der Waals surface area contributed by atoms with Crippen molar-refractivity contribution in [2.24, 2.45) is 0 Å². The summed E-state index contributed by atoms with van der Waals surface area (Å²) in [4.78, 5) is 17.4. The van der Waals surface area contributed by atoms with Crippen LogP contribution in [0.15, 0.2) is 47.1 Å². The van der Waals surface area contributed by atoms with Gasteiger partial charge in [-0.05, 0) is 55.7 Å². The number of halogens is 5. The molecule has 0 spiro atoms. The summed E-state index contributed by atoms with van der Waals surface area (Å²) in [7, 11) is 0. The average molecular weight is 511 g/mol. The first kappa shape index (κ1) is 25.0. The number of amides is 2. The number of nitrogens with zero attached hydrogens (tertiary/aromatic N) is 2. The number of pyridine rings is 1. The minimum atomic E-state index is -4.81. The maximum Gasteiger partial charge on any atom is 0.416 e. The lowest BCUT2D eigenvalue weighted by molar-refractivity contribution is -0.137. The van der Waals surface area contributed by atoms with Gasteiger partial charge in [-0.25, -0.2) is 9.18 Å². The second-order valence-corrected chi connectivity index (χ2v) is 9.12. The molecule has 1 fully saturated rings. The van der Waals surface area contributed by atoms with E-state index in [0.29, 0.717) is 11.8 Å². The number of hydrogen-bond acceptors (Lipinski definition) is 4. The first-order valence-electron chi connectivity index (χ1n) is 11.1. The molecule has 1 aromatic carbocycles. The summed E-state index contributed by atoms with van der Waals surface area (Å²) in [6, 6.07) is 6.01. The second-order valence-electron chi connectivity index (χ2n) is 8.68. The Morgan fingerprint density at radius 3 is 2.46 bits per heavy atom. The highest BCUT2D eigenvalue weighted by molar-refractivity contribution is 6.30. The van der Waals surface area contributed by atoms with Gasteiger partial charge in [-0.3, -0.25) is 4.98 Å². The number of carbonyl (C=O) groups excluding carboxylic acids is 1. The van der Waals surface area contributed by atoms with Crippen LogP contribution in [-0.2, 0) is 18.1 Å². The lowest BCUT2D eigenvalue weighted by Crippen LogP contribution is -2.54. The van der Waals surface area contributed by atoms with E-state index in [-0.39, 0.29) is 34.5 Å². The van der Waals surface area contributed by atoms with Gasteiger partial charge >= 0.3 is 12.2 Å². The van der Waals surface area contributed by atoms with E-state index in [9.17, 15) is 22.4 Å². The molecule has 0 unspecified atom stereocenters. The summed E-state index contributed by atoms with van der Waals surface area (Å²) in [5, 5.41) is 9.79. The predicted molar refractivity (Wildman–Crippen MR) is 120 cm³/mol. The molecule has 186 valence electrons. The van der Waals surface area contributed by atoms with Crippen LogP contribution in [-0.4, -0.2) is 22.2 Å². The molecule has 11 heteroatoms. The fraction of sp³-hybridized carbons (Fsp3) is 0.375. The average Bonchev–Trinajstić information content (AvgIpc) is 3.44. The molecular weight excluding hydrogens is 488 g/mol. The van der Waals surface area contributed by atoms with Gasteiger partial charge in [-0.1, -0.05) is 29.6 Å². The smallest absolute Gasteiger partial charge is 0.361 e. The van der Waals surface area contributed by atoms with Crippen molar-refractivity contribution >= 4 is 17.6 Å². The standard InChI is InChI=1S/C24H23ClF4N4O2/c1-14-8-20(35-33-14)12-23(21-7-6-17(25)13-30-21,32-22(34)31-19-4-2-3-5-19)15-9-16(24(27,28)29)11-18(26)10-15/h6-11,13,19H,2-5,12H2,1H3,(H2,31,32,34)/t23-/m1/s1. The third-order valence-electron chi connectivity index (χ3n) is 6.02. The molecule has 2 heterocycles. The van der Waals surface area contributed by atoms with E-state index in [2.05, 4.69) is 20.8 Å². The van der Waals surface area contributed by atoms with Crippen LogP contribution in [0, 0.1) is 12.7 Å². The summed E-state index contributed by atoms with van der Waals surface area (Å²) < 4.78 is 60.8. The minimum absolute atomic E-state index is 0.0725. The summed E-state index contributed by atoms with van der Waals surface area (Å²) in [5.74, 6) is -0.849. The van der Waals surface area contributed by atoms with Crippen molar-refractivity contribution in [2.75, 3.05) is 0 Å². The van der Waals surface area contributed by atoms with Crippen LogP contribution in [0.4, 0.5) is 22.4 Å². The maximum atomic E-state index is 14.6. The third-order valence-corrected chi connectivity index (χ3v) is 6.24. The Morgan fingerprint density at radius 2 is 1.86 bits per heavy atom. The number of aromatic nitrogens is 2. The molecule has 0 bridgehead atoms. The van der Waals surface area contributed by atoms with Gasteiger partial charge < -0.3 is 15.2 Å². The first-order chi connectivity index (χ1) is 16.5. The van der Waals surface area contributed by atoms with Crippen LogP contribution in [0.2, 0.25) is 5.02 Å². The molecule has 2 aromatic heterocycles. The number of rotatable bonds is 6. The van der Waals surface area contributed by atoms with E-state index in [1.807, 2.05) is 0 Å². The zero-order valence-corrected chi connectivity index (χ0v) is 19.5. The van der Waals surface area contributed by atoms with Crippen molar-refractivity contribution in [3.05, 3.63) is 81.7 Å². The van der Waals surface area contributed by atoms with Gasteiger partial charge in [0.2, 0.25) is 0 Å². The van der Waals surface area contributed by atoms with E-state index < -0.39 is 29.1 Å². The Kier molecular flexibility index (Phi) is 7.02. The fourth-order valence-electron chi connectivity index (χ4n) is 4.40. The topological polar surface area (TPSA) is 80.0 Å². The summed E-state index contributed by atoms with van der Waals surface area (Å²) >= 11 is 6.00. The van der Waals surface area contributed by atoms with Gasteiger partial charge in [0.15, 0.2) is 0 Å². The summed E-state index contributed by atoms with van der Waals surface area (Å²) in [6.07, 6.45) is -0.182. The van der Waals surface area contributed by atoms with E-state index in [4.69, 9.17) is 16.1 Å². The molecule has 1 aliphatic rings. The Morgan fingerprint density at radius 1 is 1.14 bits per heavy atom. The quantitative estimate of drug-likeness (QED) is 0.404. The molecule has 1 aliphatic carbocycles. The Balaban J connectivity index is 1.88. The number of benzene rings is 1. The monoisotopic (exact) mass is 510 g/mol. The van der Waals surface area contributed by atoms with Crippen LogP contribution in [0.5, 0.6) is 0 Å². The Labute approximate surface area is 204 Å². The molecule has 3 aromatic rings. The van der Waals surface area contributed by atoms with Gasteiger partial charge in [-0.15, -0.1) is 0 Å². The van der Waals surface area contributed by atoms with Crippen LogP contribution in [0.1, 0.15) is 54.0 Å². The van der Waals surface area contributed by atoms with Gasteiger partial charge in [0, 0.05) is 24.7 Å². The predicted octanol–water partition coefficient (Wildman–Crippen LogP) is 5.92. The summed E-state index contributed by atoms with van der Waals surface area (Å²) in [6.45, 7) is 1.68. The van der Waals surface area contributed by atoms with Crippen molar-refractivity contribution in [2.45, 2.75) is 56.8 Å². The molecule has 0 saturated heterocycles. The number of alkyl halides is 3. The van der Waals surface area contributed by atoms with Crippen molar-refractivity contribution in [3.8, 4) is 0 Å². The highest BCUT2D eigenvalue weighted by Crippen LogP contribution is 2.38. The maximum absolute atomic E-state index is 14.6. The molecule has 2 N–H and O–H groups in total. The van der Waals surface area contributed by atoms with Crippen molar-refractivity contribution in [1.82, 2.24) is 20.8 Å². The van der Waals surface area contributed by atoms with Crippen LogP contribution < -0.4 is 10.6 Å². The Hall–Kier alpha value is -3.14. The normalized spacial score (nSPS) is 16.2. The second kappa shape index (κ2) is 9.85. The SMILES string of the molecule is Cc1cc(C[C@@](NC(=O)NC2CCCC2)(c2cc(F)cc(C(F)(F)F)c2)c2ccc(Cl)cn2)on1. The third kappa shape index (κ3) is 5.75. The number of urea groups is 1. The molecule has 0 radical (unpaired) electrons. The molecule has 1 saturated carbocycles. The largest absolute Gasteiger partial charge is 0.416 e. The van der Waals surface area contributed by atoms with Crippen molar-refractivity contribution in [1.29, 1.82) is 0 Å². The number of carbonyl (C=O) groups is 1. The highest BCUT2D eigenvalue weighted by Gasteiger charge is 2.42. The minimum Gasteiger partial charge on any atom is -0.361 e. The lowest BCUT2D eigenvalue weighted by atomic mass is 9.81. The summed E-state index contributed by atoms with van der Waals surface area (Å²) in [5.41, 5.74) is -2.41. The number of hydrogen-bond donors (Lipinski definition) is 2. The first-order valence-corrected chi connectivity index (χ1v) is 11.4. The molecule has 6 nitrogen and oxygen atoms in total. The highest BCUT2D eigenvalue weighted by atomic mass is 35.5. The number of nitrogens with one attached hydrogen (secondary N) is 2. The van der Waals surface area contributed by atoms with Crippen molar-refractivity contribution in [3.63, 3.8) is 0 Å². The van der Waals surface area contributed by atoms with E-state index >= 15 is 0 Å². The van der Waals surface area contributed by atoms with Crippen LogP contribution >= 0.6 is 11.6 Å². The lowest BCUT2D eigenvalue weighted by Gasteiger charge is -2.35. The van der Waals surface area contributed by atoms with Crippen molar-refractivity contribution < 1.29 is 26.9 Å². The van der Waals surface area contributed by atoms with Gasteiger partial charge in [0.25, 0.3) is 0 Å². The molecular formula is C24H23ClF4N4O2.